The van der Waals surface area contributed by atoms with Gasteiger partial charge in [-0.1, -0.05) is 0 Å². The van der Waals surface area contributed by atoms with Gasteiger partial charge in [0.05, 0.1) is 12.5 Å². The second-order valence-electron chi connectivity index (χ2n) is 1.49. The second-order valence-corrected chi connectivity index (χ2v) is 2.43. The molecular formula is C5H8N2OS. The molecule has 1 aromatic heterocycles. The lowest BCUT2D eigenvalue weighted by atomic mass is 10.7. The van der Waals surface area contributed by atoms with Crippen LogP contribution < -0.4 is 10.5 Å². The van der Waals surface area contributed by atoms with Crippen molar-refractivity contribution in [2.45, 2.75) is 6.54 Å². The minimum atomic E-state index is 0.494. The van der Waals surface area contributed by atoms with Crippen molar-refractivity contribution in [1.82, 2.24) is 4.98 Å². The molecule has 0 aliphatic rings. The molecule has 0 saturated carbocycles. The van der Waals surface area contributed by atoms with E-state index < -0.39 is 0 Å². The van der Waals surface area contributed by atoms with Gasteiger partial charge in [0.25, 0.3) is 0 Å². The fraction of sp³-hybridized carbons (Fsp3) is 0.400. The fourth-order valence-electron chi connectivity index (χ4n) is 0.482. The number of ether oxygens (including phenoxy) is 1. The van der Waals surface area contributed by atoms with Crippen molar-refractivity contribution in [2.24, 2.45) is 5.73 Å². The maximum Gasteiger partial charge on any atom is 0.224 e. The molecule has 0 unspecified atom stereocenters. The zero-order chi connectivity index (χ0) is 6.69. The molecule has 0 atom stereocenters. The Morgan fingerprint density at radius 2 is 2.67 bits per heavy atom. The van der Waals surface area contributed by atoms with E-state index in [1.807, 2.05) is 5.38 Å². The molecule has 9 heavy (non-hydrogen) atoms. The minimum Gasteiger partial charge on any atom is -0.480 e. The predicted molar refractivity (Wildman–Crippen MR) is 36.6 cm³/mol. The van der Waals surface area contributed by atoms with E-state index in [2.05, 4.69) is 4.98 Å². The van der Waals surface area contributed by atoms with Crippen LogP contribution in [-0.2, 0) is 6.54 Å². The molecular weight excluding hydrogens is 136 g/mol. The summed E-state index contributed by atoms with van der Waals surface area (Å²) in [5.74, 6) is 0.653. The predicted octanol–water partition coefficient (Wildman–Crippen LogP) is 0.610. The average Bonchev–Trinajstić information content (AvgIpc) is 2.34. The third kappa shape index (κ3) is 1.40. The van der Waals surface area contributed by atoms with Gasteiger partial charge in [-0.25, -0.2) is 4.98 Å². The maximum absolute atomic E-state index is 5.31. The summed E-state index contributed by atoms with van der Waals surface area (Å²) in [4.78, 5) is 4.02. The third-order valence-corrected chi connectivity index (χ3v) is 1.76. The van der Waals surface area contributed by atoms with Crippen LogP contribution in [0.3, 0.4) is 0 Å². The fourth-order valence-corrected chi connectivity index (χ4v) is 1.11. The highest BCUT2D eigenvalue weighted by molar-refractivity contribution is 7.09. The van der Waals surface area contributed by atoms with E-state index >= 15 is 0 Å². The summed E-state index contributed by atoms with van der Waals surface area (Å²) in [6.07, 6.45) is 0. The highest BCUT2D eigenvalue weighted by atomic mass is 32.1. The normalized spacial score (nSPS) is 9.56. The third-order valence-electron chi connectivity index (χ3n) is 0.914. The SMILES string of the molecule is COc1csc(CN)n1. The second kappa shape index (κ2) is 2.80. The lowest BCUT2D eigenvalue weighted by Crippen LogP contribution is -1.94. The highest BCUT2D eigenvalue weighted by Crippen LogP contribution is 2.14. The van der Waals surface area contributed by atoms with E-state index in [-0.39, 0.29) is 0 Å². The van der Waals surface area contributed by atoms with Gasteiger partial charge in [0.2, 0.25) is 5.88 Å². The summed E-state index contributed by atoms with van der Waals surface area (Å²) >= 11 is 1.51. The minimum absolute atomic E-state index is 0.494. The van der Waals surface area contributed by atoms with E-state index in [0.717, 1.165) is 5.01 Å². The van der Waals surface area contributed by atoms with Crippen molar-refractivity contribution in [3.8, 4) is 5.88 Å². The molecule has 0 bridgehead atoms. The number of nitrogens with two attached hydrogens (primary N) is 1. The number of hydrogen-bond acceptors (Lipinski definition) is 4. The smallest absolute Gasteiger partial charge is 0.224 e. The van der Waals surface area contributed by atoms with Gasteiger partial charge in [-0.3, -0.25) is 0 Å². The van der Waals surface area contributed by atoms with Gasteiger partial charge in [0.15, 0.2) is 0 Å². The number of hydrogen-bond donors (Lipinski definition) is 1. The van der Waals surface area contributed by atoms with Gasteiger partial charge in [-0.05, 0) is 0 Å². The van der Waals surface area contributed by atoms with E-state index in [1.54, 1.807) is 7.11 Å². The first-order chi connectivity index (χ1) is 4.36. The number of nitrogens with zero attached hydrogens (tertiary/aromatic N) is 1. The average molecular weight is 144 g/mol. The molecule has 3 nitrogen and oxygen atoms in total. The topological polar surface area (TPSA) is 48.1 Å². The Morgan fingerprint density at radius 1 is 1.89 bits per heavy atom. The molecule has 0 spiro atoms. The molecule has 1 aromatic rings. The van der Waals surface area contributed by atoms with Crippen LogP contribution in [-0.4, -0.2) is 12.1 Å². The van der Waals surface area contributed by atoms with Crippen molar-refractivity contribution in [3.63, 3.8) is 0 Å². The van der Waals surface area contributed by atoms with Gasteiger partial charge < -0.3 is 10.5 Å². The largest absolute Gasteiger partial charge is 0.480 e. The van der Waals surface area contributed by atoms with Crippen LogP contribution in [0, 0.1) is 0 Å². The first-order valence-corrected chi connectivity index (χ1v) is 3.43. The molecule has 1 rings (SSSR count). The standard InChI is InChI=1S/C5H8N2OS/c1-8-4-3-9-5(2-6)7-4/h3H,2,6H2,1H3. The van der Waals surface area contributed by atoms with Crippen molar-refractivity contribution in [2.75, 3.05) is 7.11 Å². The zero-order valence-electron chi connectivity index (χ0n) is 5.13. The monoisotopic (exact) mass is 144 g/mol. The van der Waals surface area contributed by atoms with E-state index in [9.17, 15) is 0 Å². The van der Waals surface area contributed by atoms with Gasteiger partial charge in [-0.15, -0.1) is 11.3 Å². The summed E-state index contributed by atoms with van der Waals surface area (Å²) < 4.78 is 4.84. The van der Waals surface area contributed by atoms with Gasteiger partial charge in [0, 0.05) is 6.54 Å². The molecule has 1 heterocycles. The summed E-state index contributed by atoms with van der Waals surface area (Å²) in [5.41, 5.74) is 5.31. The number of methoxy groups -OCH3 is 1. The molecule has 0 aromatic carbocycles. The van der Waals surface area contributed by atoms with Crippen LogP contribution in [0.4, 0.5) is 0 Å². The summed E-state index contributed by atoms with van der Waals surface area (Å²) in [5, 5.41) is 2.74. The first-order valence-electron chi connectivity index (χ1n) is 2.55. The van der Waals surface area contributed by atoms with Gasteiger partial charge in [0.1, 0.15) is 5.01 Å². The number of thiazole rings is 1. The van der Waals surface area contributed by atoms with Gasteiger partial charge >= 0.3 is 0 Å². The van der Waals surface area contributed by atoms with Crippen molar-refractivity contribution in [1.29, 1.82) is 0 Å². The summed E-state index contributed by atoms with van der Waals surface area (Å²) in [6.45, 7) is 0.494. The Bertz CT molecular complexity index is 168. The Morgan fingerprint density at radius 3 is 3.00 bits per heavy atom. The maximum atomic E-state index is 5.31. The zero-order valence-corrected chi connectivity index (χ0v) is 5.94. The lowest BCUT2D eigenvalue weighted by molar-refractivity contribution is 0.399. The van der Waals surface area contributed by atoms with Crippen molar-refractivity contribution in [3.05, 3.63) is 10.4 Å². The first kappa shape index (κ1) is 6.51. The molecule has 50 valence electrons. The molecule has 0 radical (unpaired) electrons. The molecule has 2 N–H and O–H groups in total. The van der Waals surface area contributed by atoms with Crippen molar-refractivity contribution >= 4 is 11.3 Å². The Labute approximate surface area is 57.5 Å². The van der Waals surface area contributed by atoms with Crippen LogP contribution in [0.2, 0.25) is 0 Å². The van der Waals surface area contributed by atoms with E-state index in [4.69, 9.17) is 10.5 Å². The van der Waals surface area contributed by atoms with E-state index in [1.165, 1.54) is 11.3 Å². The number of rotatable bonds is 2. The molecule has 0 aliphatic heterocycles. The Hall–Kier alpha value is -0.610. The van der Waals surface area contributed by atoms with Crippen molar-refractivity contribution < 1.29 is 4.74 Å². The van der Waals surface area contributed by atoms with Gasteiger partial charge in [-0.2, -0.15) is 0 Å². The summed E-state index contributed by atoms with van der Waals surface area (Å²) in [6, 6.07) is 0. The number of aromatic nitrogens is 1. The quantitative estimate of drug-likeness (QED) is 0.661. The highest BCUT2D eigenvalue weighted by Gasteiger charge is 1.96. The van der Waals surface area contributed by atoms with Crippen LogP contribution in [0.15, 0.2) is 5.38 Å². The van der Waals surface area contributed by atoms with Crippen LogP contribution in [0.25, 0.3) is 0 Å². The van der Waals surface area contributed by atoms with E-state index in [0.29, 0.717) is 12.4 Å². The van der Waals surface area contributed by atoms with Crippen LogP contribution in [0.5, 0.6) is 5.88 Å². The Kier molecular flexibility index (Phi) is 2.02. The molecule has 0 fully saturated rings. The molecule has 4 heteroatoms. The molecule has 0 amide bonds. The Balaban J connectivity index is 2.74. The van der Waals surface area contributed by atoms with Crippen LogP contribution in [0.1, 0.15) is 5.01 Å². The molecule has 0 saturated heterocycles. The molecule has 0 aliphatic carbocycles. The summed E-state index contributed by atoms with van der Waals surface area (Å²) in [7, 11) is 1.59. The lowest BCUT2D eigenvalue weighted by Gasteiger charge is -1.87. The van der Waals surface area contributed by atoms with Crippen LogP contribution >= 0.6 is 11.3 Å².